The molecule has 4 heteroatoms. The number of hydrogen-bond donors (Lipinski definition) is 1. The number of halogens is 1. The van der Waals surface area contributed by atoms with Crippen LogP contribution < -0.4 is 5.32 Å². The molecule has 0 fully saturated rings. The van der Waals surface area contributed by atoms with Crippen molar-refractivity contribution in [3.05, 3.63) is 53.7 Å². The first kappa shape index (κ1) is 10.5. The van der Waals surface area contributed by atoms with Gasteiger partial charge >= 0.3 is 0 Å². The van der Waals surface area contributed by atoms with Crippen molar-refractivity contribution in [3.63, 3.8) is 0 Å². The minimum atomic E-state index is -0.208. The molecule has 1 aromatic heterocycles. The first-order valence-electron chi connectivity index (χ1n) is 5.00. The van der Waals surface area contributed by atoms with Crippen LogP contribution in [0.1, 0.15) is 11.1 Å². The van der Waals surface area contributed by atoms with Crippen molar-refractivity contribution >= 4 is 5.82 Å². The summed E-state index contributed by atoms with van der Waals surface area (Å²) < 4.78 is 12.9. The lowest BCUT2D eigenvalue weighted by atomic mass is 10.1. The molecule has 0 amide bonds. The van der Waals surface area contributed by atoms with Gasteiger partial charge in [0.05, 0.1) is 6.20 Å². The van der Waals surface area contributed by atoms with Gasteiger partial charge in [-0.05, 0) is 30.2 Å². The second-order valence-electron chi connectivity index (χ2n) is 3.52. The molecule has 0 aliphatic carbocycles. The Hall–Kier alpha value is -1.97. The number of benzene rings is 1. The third-order valence-corrected chi connectivity index (χ3v) is 2.33. The first-order chi connectivity index (χ1) is 7.75. The Labute approximate surface area is 93.4 Å². The van der Waals surface area contributed by atoms with E-state index in [0.717, 1.165) is 11.1 Å². The Morgan fingerprint density at radius 1 is 1.31 bits per heavy atom. The van der Waals surface area contributed by atoms with E-state index in [1.165, 1.54) is 12.1 Å². The number of aromatic nitrogens is 2. The number of rotatable bonds is 3. The summed E-state index contributed by atoms with van der Waals surface area (Å²) in [6, 6.07) is 4.75. The minimum Gasteiger partial charge on any atom is -0.365 e. The highest BCUT2D eigenvalue weighted by molar-refractivity contribution is 5.34. The summed E-state index contributed by atoms with van der Waals surface area (Å²) >= 11 is 0. The molecule has 82 valence electrons. The fraction of sp³-hybridized carbons (Fsp3) is 0.167. The Balaban J connectivity index is 2.05. The summed E-state index contributed by atoms with van der Waals surface area (Å²) in [5.41, 5.74) is 1.98. The number of nitrogens with one attached hydrogen (secondary N) is 1. The molecule has 2 aromatic rings. The van der Waals surface area contributed by atoms with Crippen LogP contribution >= 0.6 is 0 Å². The van der Waals surface area contributed by atoms with Crippen LogP contribution in [0.15, 0.2) is 36.8 Å². The lowest BCUT2D eigenvalue weighted by molar-refractivity contribution is 0.625. The molecule has 0 saturated heterocycles. The smallest absolute Gasteiger partial charge is 0.144 e. The Morgan fingerprint density at radius 2 is 2.19 bits per heavy atom. The molecule has 16 heavy (non-hydrogen) atoms. The zero-order valence-corrected chi connectivity index (χ0v) is 8.94. The lowest BCUT2D eigenvalue weighted by Crippen LogP contribution is -2.03. The summed E-state index contributed by atoms with van der Waals surface area (Å²) in [7, 11) is 0. The molecule has 0 aliphatic heterocycles. The number of aryl methyl sites for hydroxylation is 1. The summed E-state index contributed by atoms with van der Waals surface area (Å²) in [6.07, 6.45) is 4.90. The maximum Gasteiger partial charge on any atom is 0.144 e. The van der Waals surface area contributed by atoms with E-state index >= 15 is 0 Å². The summed E-state index contributed by atoms with van der Waals surface area (Å²) in [4.78, 5) is 8.04. The molecule has 0 bridgehead atoms. The van der Waals surface area contributed by atoms with E-state index in [9.17, 15) is 4.39 Å². The van der Waals surface area contributed by atoms with Crippen molar-refractivity contribution in [2.24, 2.45) is 0 Å². The van der Waals surface area contributed by atoms with Gasteiger partial charge < -0.3 is 5.32 Å². The van der Waals surface area contributed by atoms with Crippen molar-refractivity contribution in [2.45, 2.75) is 13.5 Å². The second-order valence-corrected chi connectivity index (χ2v) is 3.52. The molecule has 1 heterocycles. The molecule has 0 atom stereocenters. The quantitative estimate of drug-likeness (QED) is 0.858. The summed E-state index contributed by atoms with van der Waals surface area (Å²) in [6.45, 7) is 2.50. The van der Waals surface area contributed by atoms with Gasteiger partial charge in [0.1, 0.15) is 11.6 Å². The number of hydrogen-bond acceptors (Lipinski definition) is 3. The molecule has 3 nitrogen and oxygen atoms in total. The normalized spacial score (nSPS) is 10.1. The molecule has 1 aromatic carbocycles. The SMILES string of the molecule is Cc1cc(F)ccc1CNc1cnccn1. The van der Waals surface area contributed by atoms with Crippen LogP contribution in [0.2, 0.25) is 0 Å². The van der Waals surface area contributed by atoms with Crippen LogP contribution in [0.5, 0.6) is 0 Å². The minimum absolute atomic E-state index is 0.208. The van der Waals surface area contributed by atoms with Crippen LogP contribution in [0, 0.1) is 12.7 Å². The van der Waals surface area contributed by atoms with Crippen LogP contribution in [-0.4, -0.2) is 9.97 Å². The topological polar surface area (TPSA) is 37.8 Å². The van der Waals surface area contributed by atoms with Gasteiger partial charge in [0.2, 0.25) is 0 Å². The first-order valence-corrected chi connectivity index (χ1v) is 5.00. The van der Waals surface area contributed by atoms with Crippen molar-refractivity contribution in [2.75, 3.05) is 5.32 Å². The van der Waals surface area contributed by atoms with Gasteiger partial charge in [-0.1, -0.05) is 6.07 Å². The molecule has 0 aliphatic rings. The van der Waals surface area contributed by atoms with Gasteiger partial charge in [0.15, 0.2) is 0 Å². The van der Waals surface area contributed by atoms with Crippen LogP contribution in [0.25, 0.3) is 0 Å². The molecule has 2 rings (SSSR count). The zero-order chi connectivity index (χ0) is 11.4. The Morgan fingerprint density at radius 3 is 2.88 bits per heavy atom. The average molecular weight is 217 g/mol. The highest BCUT2D eigenvalue weighted by Gasteiger charge is 2.00. The van der Waals surface area contributed by atoms with E-state index in [1.54, 1.807) is 24.7 Å². The van der Waals surface area contributed by atoms with Crippen molar-refractivity contribution in [1.29, 1.82) is 0 Å². The second kappa shape index (κ2) is 4.70. The Bertz CT molecular complexity index is 471. The molecule has 0 radical (unpaired) electrons. The Kier molecular flexibility index (Phi) is 3.10. The fourth-order valence-corrected chi connectivity index (χ4v) is 1.43. The average Bonchev–Trinajstić information content (AvgIpc) is 2.29. The van der Waals surface area contributed by atoms with Gasteiger partial charge in [0.25, 0.3) is 0 Å². The summed E-state index contributed by atoms with van der Waals surface area (Å²) in [5.74, 6) is 0.506. The third kappa shape index (κ3) is 2.53. The number of anilines is 1. The predicted molar refractivity (Wildman–Crippen MR) is 60.5 cm³/mol. The maximum absolute atomic E-state index is 12.9. The molecule has 0 saturated carbocycles. The summed E-state index contributed by atoms with van der Waals surface area (Å²) in [5, 5.41) is 3.13. The molecule has 0 unspecified atom stereocenters. The van der Waals surface area contributed by atoms with E-state index in [1.807, 2.05) is 6.92 Å². The lowest BCUT2D eigenvalue weighted by Gasteiger charge is -2.07. The molecular formula is C12H12FN3. The van der Waals surface area contributed by atoms with E-state index in [-0.39, 0.29) is 5.82 Å². The van der Waals surface area contributed by atoms with Crippen LogP contribution in [0.4, 0.5) is 10.2 Å². The fourth-order valence-electron chi connectivity index (χ4n) is 1.43. The predicted octanol–water partition coefficient (Wildman–Crippen LogP) is 2.54. The van der Waals surface area contributed by atoms with Gasteiger partial charge in [-0.2, -0.15) is 0 Å². The van der Waals surface area contributed by atoms with E-state index in [0.29, 0.717) is 12.4 Å². The monoisotopic (exact) mass is 217 g/mol. The van der Waals surface area contributed by atoms with Crippen LogP contribution in [-0.2, 0) is 6.54 Å². The van der Waals surface area contributed by atoms with E-state index in [2.05, 4.69) is 15.3 Å². The highest BCUT2D eigenvalue weighted by atomic mass is 19.1. The third-order valence-electron chi connectivity index (χ3n) is 2.33. The highest BCUT2D eigenvalue weighted by Crippen LogP contribution is 2.11. The van der Waals surface area contributed by atoms with Gasteiger partial charge in [-0.15, -0.1) is 0 Å². The van der Waals surface area contributed by atoms with Crippen molar-refractivity contribution < 1.29 is 4.39 Å². The van der Waals surface area contributed by atoms with Crippen molar-refractivity contribution in [1.82, 2.24) is 9.97 Å². The molecule has 0 spiro atoms. The molecule has 1 N–H and O–H groups in total. The number of nitrogens with zero attached hydrogens (tertiary/aromatic N) is 2. The van der Waals surface area contributed by atoms with Gasteiger partial charge in [-0.3, -0.25) is 4.98 Å². The van der Waals surface area contributed by atoms with E-state index < -0.39 is 0 Å². The largest absolute Gasteiger partial charge is 0.365 e. The molecular weight excluding hydrogens is 205 g/mol. The van der Waals surface area contributed by atoms with Gasteiger partial charge in [0, 0.05) is 18.9 Å². The zero-order valence-electron chi connectivity index (χ0n) is 8.94. The van der Waals surface area contributed by atoms with E-state index in [4.69, 9.17) is 0 Å². The van der Waals surface area contributed by atoms with Crippen LogP contribution in [0.3, 0.4) is 0 Å². The van der Waals surface area contributed by atoms with Crippen molar-refractivity contribution in [3.8, 4) is 0 Å². The van der Waals surface area contributed by atoms with Gasteiger partial charge in [-0.25, -0.2) is 9.37 Å². The maximum atomic E-state index is 12.9. The standard InChI is InChI=1S/C12H12FN3/c1-9-6-11(13)3-2-10(9)7-16-12-8-14-4-5-15-12/h2-6,8H,7H2,1H3,(H,15,16).